The highest BCUT2D eigenvalue weighted by Gasteiger charge is 2.08. The summed E-state index contributed by atoms with van der Waals surface area (Å²) < 4.78 is 15.0. The number of halogens is 1. The Kier molecular flexibility index (Phi) is 3.38. The number of nitrogens with zero attached hydrogens (tertiary/aromatic N) is 5. The predicted octanol–water partition coefficient (Wildman–Crippen LogP) is 3.20. The lowest BCUT2D eigenvalue weighted by Crippen LogP contribution is -1.98. The maximum Gasteiger partial charge on any atom is 0.222 e. The minimum absolute atomic E-state index is 0.457. The molecule has 0 saturated heterocycles. The van der Waals surface area contributed by atoms with Crippen LogP contribution in [0.25, 0.3) is 16.9 Å². The summed E-state index contributed by atoms with van der Waals surface area (Å²) in [5.74, 6) is 0.464. The van der Waals surface area contributed by atoms with Gasteiger partial charge in [0.25, 0.3) is 0 Å². The molecule has 0 bridgehead atoms. The van der Waals surface area contributed by atoms with E-state index in [9.17, 15) is 4.39 Å². The van der Waals surface area contributed by atoms with E-state index in [4.69, 9.17) is 0 Å². The summed E-state index contributed by atoms with van der Waals surface area (Å²) in [6.07, 6.45) is 1.61. The van der Waals surface area contributed by atoms with Crippen LogP contribution in [0.1, 0.15) is 5.69 Å². The van der Waals surface area contributed by atoms with Gasteiger partial charge in [0.15, 0.2) is 5.82 Å². The van der Waals surface area contributed by atoms with Crippen LogP contribution in [0.3, 0.4) is 0 Å². The number of aromatic nitrogens is 5. The first kappa shape index (κ1) is 14.3. The van der Waals surface area contributed by atoms with E-state index in [0.29, 0.717) is 11.6 Å². The topological polar surface area (TPSA) is 68.5 Å². The molecule has 3 aromatic heterocycles. The molecule has 24 heavy (non-hydrogen) atoms. The first-order valence-electron chi connectivity index (χ1n) is 7.28. The Bertz CT molecular complexity index is 1010. The fourth-order valence-corrected chi connectivity index (χ4v) is 2.38. The number of rotatable bonds is 3. The van der Waals surface area contributed by atoms with Gasteiger partial charge >= 0.3 is 0 Å². The maximum absolute atomic E-state index is 13.3. The van der Waals surface area contributed by atoms with Crippen molar-refractivity contribution in [2.45, 2.75) is 6.92 Å². The summed E-state index contributed by atoms with van der Waals surface area (Å²) in [5, 5.41) is 11.3. The molecule has 0 aliphatic rings. The summed E-state index contributed by atoms with van der Waals surface area (Å²) in [6.45, 7) is 1.88. The molecule has 0 aliphatic carbocycles. The highest BCUT2D eigenvalue weighted by molar-refractivity contribution is 5.81. The van der Waals surface area contributed by atoms with Gasteiger partial charge in [-0.15, -0.1) is 5.10 Å². The van der Waals surface area contributed by atoms with Gasteiger partial charge in [-0.1, -0.05) is 0 Å². The predicted molar refractivity (Wildman–Crippen MR) is 87.7 cm³/mol. The third kappa shape index (κ3) is 2.67. The van der Waals surface area contributed by atoms with E-state index in [2.05, 4.69) is 31.5 Å². The van der Waals surface area contributed by atoms with Crippen molar-refractivity contribution in [1.29, 1.82) is 0 Å². The van der Waals surface area contributed by atoms with Crippen LogP contribution in [0.5, 0.6) is 0 Å². The first-order chi connectivity index (χ1) is 11.7. The van der Waals surface area contributed by atoms with Crippen molar-refractivity contribution in [2.75, 3.05) is 5.32 Å². The van der Waals surface area contributed by atoms with Gasteiger partial charge in [0.2, 0.25) is 5.95 Å². The standard InChI is InChI=1S/C17H12FN6/c1-11-5-8-16(23-22-11)20-12-6-7-14-13(9-12)19-10-24(14)17-4-2-3-15(18)21-17/h2,4-10H,1H3,(H,20,23). The summed E-state index contributed by atoms with van der Waals surface area (Å²) >= 11 is 0. The van der Waals surface area contributed by atoms with Gasteiger partial charge in [0, 0.05) is 11.8 Å². The van der Waals surface area contributed by atoms with Gasteiger partial charge in [-0.2, -0.15) is 9.49 Å². The van der Waals surface area contributed by atoms with Crippen LogP contribution in [0.15, 0.2) is 48.8 Å². The molecule has 3 heterocycles. The summed E-state index contributed by atoms with van der Waals surface area (Å²) in [4.78, 5) is 8.19. The third-order valence-electron chi connectivity index (χ3n) is 3.51. The second kappa shape index (κ2) is 5.69. The van der Waals surface area contributed by atoms with Crippen LogP contribution in [0.4, 0.5) is 15.9 Å². The zero-order valence-electron chi connectivity index (χ0n) is 12.7. The van der Waals surface area contributed by atoms with Crippen molar-refractivity contribution in [3.8, 4) is 5.82 Å². The van der Waals surface area contributed by atoms with Crippen molar-refractivity contribution in [1.82, 2.24) is 24.7 Å². The number of hydrogen-bond acceptors (Lipinski definition) is 5. The van der Waals surface area contributed by atoms with Crippen LogP contribution >= 0.6 is 0 Å². The first-order valence-corrected chi connectivity index (χ1v) is 7.28. The minimum atomic E-state index is -0.648. The SMILES string of the molecule is Cc1ccc(Nc2ccc3c(c2)ncn3-c2cc[c]c(F)n2)nn1. The molecule has 117 valence electrons. The van der Waals surface area contributed by atoms with Gasteiger partial charge in [-0.05, 0) is 49.4 Å². The van der Waals surface area contributed by atoms with Crippen molar-refractivity contribution < 1.29 is 4.39 Å². The molecule has 0 amide bonds. The van der Waals surface area contributed by atoms with Crippen LogP contribution in [-0.4, -0.2) is 24.7 Å². The molecule has 0 aliphatic heterocycles. The molecule has 1 aromatic carbocycles. The zero-order chi connectivity index (χ0) is 16.5. The number of nitrogens with one attached hydrogen (secondary N) is 1. The lowest BCUT2D eigenvalue weighted by Gasteiger charge is -2.06. The minimum Gasteiger partial charge on any atom is -0.339 e. The Balaban J connectivity index is 1.69. The molecule has 0 fully saturated rings. The van der Waals surface area contributed by atoms with Crippen LogP contribution in [0.2, 0.25) is 0 Å². The average molecular weight is 319 g/mol. The summed E-state index contributed by atoms with van der Waals surface area (Å²) in [5.41, 5.74) is 3.28. The van der Waals surface area contributed by atoms with E-state index < -0.39 is 5.95 Å². The summed E-state index contributed by atoms with van der Waals surface area (Å²) in [7, 11) is 0. The van der Waals surface area contributed by atoms with E-state index in [1.165, 1.54) is 6.07 Å². The normalized spacial score (nSPS) is 10.9. The number of imidazole rings is 1. The van der Waals surface area contributed by atoms with E-state index >= 15 is 0 Å². The molecule has 0 unspecified atom stereocenters. The van der Waals surface area contributed by atoms with Crippen molar-refractivity contribution in [2.24, 2.45) is 0 Å². The van der Waals surface area contributed by atoms with Gasteiger partial charge in [-0.25, -0.2) is 9.97 Å². The quantitative estimate of drug-likeness (QED) is 0.587. The molecular formula is C17H12FN6. The van der Waals surface area contributed by atoms with E-state index in [-0.39, 0.29) is 0 Å². The number of pyridine rings is 1. The second-order valence-electron chi connectivity index (χ2n) is 5.24. The molecule has 0 saturated carbocycles. The van der Waals surface area contributed by atoms with Crippen molar-refractivity contribution in [3.63, 3.8) is 0 Å². The van der Waals surface area contributed by atoms with Crippen molar-refractivity contribution in [3.05, 3.63) is 66.5 Å². The molecule has 4 rings (SSSR count). The molecule has 0 atom stereocenters. The fraction of sp³-hybridized carbons (Fsp3) is 0.0588. The highest BCUT2D eigenvalue weighted by atomic mass is 19.1. The molecular weight excluding hydrogens is 307 g/mol. The molecule has 4 aromatic rings. The Morgan fingerprint density at radius 1 is 1.12 bits per heavy atom. The Morgan fingerprint density at radius 2 is 2.04 bits per heavy atom. The average Bonchev–Trinajstić information content (AvgIpc) is 3.00. The molecule has 1 N–H and O–H groups in total. The largest absolute Gasteiger partial charge is 0.339 e. The molecule has 0 spiro atoms. The molecule has 7 heteroatoms. The second-order valence-corrected chi connectivity index (χ2v) is 5.24. The monoisotopic (exact) mass is 319 g/mol. The van der Waals surface area contributed by atoms with Gasteiger partial charge in [-0.3, -0.25) is 4.57 Å². The summed E-state index contributed by atoms with van der Waals surface area (Å²) in [6, 6.07) is 15.0. The van der Waals surface area contributed by atoms with E-state index in [0.717, 1.165) is 22.4 Å². The van der Waals surface area contributed by atoms with E-state index in [1.54, 1.807) is 17.0 Å². The number of aryl methyl sites for hydroxylation is 1. The Hall–Kier alpha value is -3.35. The number of benzene rings is 1. The third-order valence-corrected chi connectivity index (χ3v) is 3.51. The molecule has 6 nitrogen and oxygen atoms in total. The van der Waals surface area contributed by atoms with Crippen LogP contribution in [0, 0.1) is 18.9 Å². The van der Waals surface area contributed by atoms with E-state index in [1.807, 2.05) is 37.3 Å². The van der Waals surface area contributed by atoms with Gasteiger partial charge < -0.3 is 5.32 Å². The number of fused-ring (bicyclic) bond motifs is 1. The smallest absolute Gasteiger partial charge is 0.222 e. The maximum atomic E-state index is 13.3. The van der Waals surface area contributed by atoms with Crippen molar-refractivity contribution >= 4 is 22.5 Å². The number of anilines is 2. The molecule has 1 radical (unpaired) electrons. The lowest BCUT2D eigenvalue weighted by molar-refractivity contribution is 0.578. The zero-order valence-corrected chi connectivity index (χ0v) is 12.7. The fourth-order valence-electron chi connectivity index (χ4n) is 2.38. The highest BCUT2D eigenvalue weighted by Crippen LogP contribution is 2.22. The van der Waals surface area contributed by atoms with Gasteiger partial charge in [0.05, 0.1) is 16.7 Å². The van der Waals surface area contributed by atoms with Crippen LogP contribution < -0.4 is 5.32 Å². The lowest BCUT2D eigenvalue weighted by atomic mass is 10.2. The Morgan fingerprint density at radius 3 is 2.83 bits per heavy atom. The van der Waals surface area contributed by atoms with Crippen LogP contribution in [-0.2, 0) is 0 Å². The Labute approximate surface area is 137 Å². The number of hydrogen-bond donors (Lipinski definition) is 1. The van der Waals surface area contributed by atoms with Gasteiger partial charge in [0.1, 0.15) is 12.1 Å².